The van der Waals surface area contributed by atoms with E-state index in [1.807, 2.05) is 60.7 Å². The van der Waals surface area contributed by atoms with Gasteiger partial charge in [-0.1, -0.05) is 60.7 Å². The Bertz CT molecular complexity index is 2800. The van der Waals surface area contributed by atoms with Crippen molar-refractivity contribution < 1.29 is 57.4 Å². The lowest BCUT2D eigenvalue weighted by Gasteiger charge is -2.21. The van der Waals surface area contributed by atoms with Crippen molar-refractivity contribution in [3.05, 3.63) is 168 Å². The highest BCUT2D eigenvalue weighted by Crippen LogP contribution is 2.40. The average Bonchev–Trinajstić information content (AvgIpc) is 3.29. The SMILES string of the molecule is COc1cc(OCc2ccccc2)cc(C)c1C(=O)Oc1c(C)c(C)c(C(=O)Oc2cc(C)c(C(=O)Oc3cc(OC)c(C(=O)OCc4ccccc4)c(C)c3C)c(O)c2C)c(C)c1C. The number of ether oxygens (including phenoxy) is 7. The highest BCUT2D eigenvalue weighted by Gasteiger charge is 2.29. The molecule has 0 amide bonds. The van der Waals surface area contributed by atoms with Crippen molar-refractivity contribution in [2.45, 2.75) is 75.5 Å². The molecule has 0 bridgehead atoms. The third kappa shape index (κ3) is 9.82. The maximum atomic E-state index is 14.0. The van der Waals surface area contributed by atoms with Gasteiger partial charge in [0, 0.05) is 17.7 Å². The number of esters is 4. The molecule has 0 aliphatic heterocycles. The number of aryl methyl sites for hydroxylation is 2. The first-order valence-corrected chi connectivity index (χ1v) is 20.8. The number of benzene rings is 6. The summed E-state index contributed by atoms with van der Waals surface area (Å²) in [4.78, 5) is 54.8. The first-order chi connectivity index (χ1) is 31.0. The summed E-state index contributed by atoms with van der Waals surface area (Å²) < 4.78 is 40.5. The predicted molar refractivity (Wildman–Crippen MR) is 244 cm³/mol. The standard InChI is InChI=1S/C53H52O12/c1-28-22-39(61-26-37-18-14-12-15-19-37)24-42(59-10)44(28)51(56)65-49-34(7)32(5)46(33(6)35(49)8)53(58)63-40-23-29(2)45(48(54)36(40)9)52(57)64-41-25-43(60-11)47(31(4)30(41)3)50(55)62-27-38-20-16-13-17-21-38/h12-25,54H,26-27H2,1-11H3. The first-order valence-electron chi connectivity index (χ1n) is 20.8. The fourth-order valence-corrected chi connectivity index (χ4v) is 7.56. The van der Waals surface area contributed by atoms with Gasteiger partial charge in [-0.15, -0.1) is 0 Å². The van der Waals surface area contributed by atoms with Crippen LogP contribution in [0.3, 0.4) is 0 Å². The van der Waals surface area contributed by atoms with Gasteiger partial charge >= 0.3 is 23.9 Å². The fourth-order valence-electron chi connectivity index (χ4n) is 7.56. The second-order valence-corrected chi connectivity index (χ2v) is 15.8. The zero-order chi connectivity index (χ0) is 47.3. The Hall–Kier alpha value is -7.60. The molecule has 12 heteroatoms. The number of rotatable bonds is 14. The minimum atomic E-state index is -0.881. The zero-order valence-corrected chi connectivity index (χ0v) is 38.4. The number of phenolic OH excluding ortho intramolecular Hbond substituents is 1. The summed E-state index contributed by atoms with van der Waals surface area (Å²) in [6, 6.07) is 25.3. The van der Waals surface area contributed by atoms with Gasteiger partial charge in [0.1, 0.15) is 70.2 Å². The van der Waals surface area contributed by atoms with E-state index in [0.717, 1.165) is 11.1 Å². The highest BCUT2D eigenvalue weighted by molar-refractivity contribution is 6.00. The number of hydrogen-bond acceptors (Lipinski definition) is 12. The van der Waals surface area contributed by atoms with E-state index in [1.54, 1.807) is 67.5 Å². The third-order valence-electron chi connectivity index (χ3n) is 11.7. The number of methoxy groups -OCH3 is 2. The topological polar surface area (TPSA) is 153 Å². The lowest BCUT2D eigenvalue weighted by molar-refractivity contribution is 0.0467. The Morgan fingerprint density at radius 1 is 0.446 bits per heavy atom. The van der Waals surface area contributed by atoms with Gasteiger partial charge < -0.3 is 38.3 Å². The minimum absolute atomic E-state index is 0.0250. The van der Waals surface area contributed by atoms with E-state index in [4.69, 9.17) is 33.2 Å². The molecule has 0 fully saturated rings. The van der Waals surface area contributed by atoms with Gasteiger partial charge in [-0.25, -0.2) is 19.2 Å². The molecule has 0 spiro atoms. The Balaban J connectivity index is 1.20. The van der Waals surface area contributed by atoms with Crippen LogP contribution in [0.15, 0.2) is 84.9 Å². The van der Waals surface area contributed by atoms with Crippen molar-refractivity contribution in [3.8, 4) is 40.2 Å². The normalized spacial score (nSPS) is 10.8. The molecule has 0 saturated heterocycles. The second kappa shape index (κ2) is 19.8. The predicted octanol–water partition coefficient (Wildman–Crippen LogP) is 10.8. The van der Waals surface area contributed by atoms with Crippen LogP contribution < -0.4 is 28.4 Å². The van der Waals surface area contributed by atoms with Gasteiger partial charge in [0.05, 0.1) is 19.8 Å². The summed E-state index contributed by atoms with van der Waals surface area (Å²) in [6.45, 7) is 15.6. The first kappa shape index (κ1) is 46.9. The summed E-state index contributed by atoms with van der Waals surface area (Å²) in [6.07, 6.45) is 0. The molecule has 6 aromatic rings. The van der Waals surface area contributed by atoms with E-state index in [0.29, 0.717) is 57.1 Å². The largest absolute Gasteiger partial charge is 0.507 e. The van der Waals surface area contributed by atoms with Gasteiger partial charge in [0.2, 0.25) is 0 Å². The quantitative estimate of drug-likeness (QED) is 0.0818. The average molecular weight is 881 g/mol. The Labute approximate surface area is 378 Å². The molecule has 65 heavy (non-hydrogen) atoms. The Morgan fingerprint density at radius 3 is 1.49 bits per heavy atom. The van der Waals surface area contributed by atoms with E-state index < -0.39 is 29.6 Å². The molecular formula is C53H52O12. The maximum Gasteiger partial charge on any atom is 0.347 e. The van der Waals surface area contributed by atoms with Gasteiger partial charge in [-0.2, -0.15) is 0 Å². The van der Waals surface area contributed by atoms with E-state index in [1.165, 1.54) is 33.3 Å². The second-order valence-electron chi connectivity index (χ2n) is 15.8. The summed E-state index contributed by atoms with van der Waals surface area (Å²) in [5.41, 5.74) is 6.41. The fraction of sp³-hybridized carbons (Fsp3) is 0.245. The van der Waals surface area contributed by atoms with Gasteiger partial charge in [-0.05, 0) is 130 Å². The molecule has 0 heterocycles. The van der Waals surface area contributed by atoms with Crippen molar-refractivity contribution in [1.82, 2.24) is 0 Å². The van der Waals surface area contributed by atoms with E-state index in [2.05, 4.69) is 0 Å². The number of hydrogen-bond donors (Lipinski definition) is 1. The summed E-state index contributed by atoms with van der Waals surface area (Å²) in [5.74, 6) is -1.90. The molecule has 0 atom stereocenters. The van der Waals surface area contributed by atoms with Gasteiger partial charge in [0.15, 0.2) is 0 Å². The molecule has 0 aliphatic rings. The summed E-state index contributed by atoms with van der Waals surface area (Å²) in [7, 11) is 2.86. The van der Waals surface area contributed by atoms with Crippen molar-refractivity contribution in [1.29, 1.82) is 0 Å². The Kier molecular flexibility index (Phi) is 14.3. The lowest BCUT2D eigenvalue weighted by Crippen LogP contribution is -2.18. The molecule has 0 aliphatic carbocycles. The van der Waals surface area contributed by atoms with Crippen LogP contribution in [0.1, 0.15) is 103 Å². The molecule has 6 rings (SSSR count). The van der Waals surface area contributed by atoms with Crippen LogP contribution >= 0.6 is 0 Å². The molecular weight excluding hydrogens is 829 g/mol. The molecule has 0 radical (unpaired) electrons. The minimum Gasteiger partial charge on any atom is -0.507 e. The van der Waals surface area contributed by atoms with Gasteiger partial charge in [0.25, 0.3) is 0 Å². The Morgan fingerprint density at radius 2 is 0.923 bits per heavy atom. The smallest absolute Gasteiger partial charge is 0.347 e. The number of carbonyl (C=O) groups is 4. The van der Waals surface area contributed by atoms with Crippen LogP contribution in [0.2, 0.25) is 0 Å². The molecule has 0 unspecified atom stereocenters. The number of phenols is 1. The number of aromatic hydroxyl groups is 1. The molecule has 0 aromatic heterocycles. The molecule has 0 saturated carbocycles. The van der Waals surface area contributed by atoms with Gasteiger partial charge in [-0.3, -0.25) is 0 Å². The lowest BCUT2D eigenvalue weighted by atomic mass is 9.93. The summed E-state index contributed by atoms with van der Waals surface area (Å²) >= 11 is 0. The van der Waals surface area contributed by atoms with Crippen LogP contribution in [0.4, 0.5) is 0 Å². The monoisotopic (exact) mass is 880 g/mol. The molecule has 6 aromatic carbocycles. The molecule has 12 nitrogen and oxygen atoms in total. The third-order valence-corrected chi connectivity index (χ3v) is 11.7. The number of carbonyl (C=O) groups excluding carboxylic acids is 4. The van der Waals surface area contributed by atoms with Crippen LogP contribution in [0.5, 0.6) is 40.2 Å². The van der Waals surface area contributed by atoms with Crippen LogP contribution in [0, 0.1) is 62.3 Å². The van der Waals surface area contributed by atoms with Crippen LogP contribution in [-0.4, -0.2) is 43.2 Å². The van der Waals surface area contributed by atoms with Crippen LogP contribution in [-0.2, 0) is 18.0 Å². The van der Waals surface area contributed by atoms with E-state index >= 15 is 0 Å². The summed E-state index contributed by atoms with van der Waals surface area (Å²) in [5, 5.41) is 11.4. The highest BCUT2D eigenvalue weighted by atomic mass is 16.6. The maximum absolute atomic E-state index is 14.0. The van der Waals surface area contributed by atoms with Crippen molar-refractivity contribution in [2.24, 2.45) is 0 Å². The van der Waals surface area contributed by atoms with Crippen molar-refractivity contribution in [2.75, 3.05) is 14.2 Å². The zero-order valence-electron chi connectivity index (χ0n) is 38.4. The van der Waals surface area contributed by atoms with E-state index in [9.17, 15) is 24.3 Å². The van der Waals surface area contributed by atoms with Crippen molar-refractivity contribution >= 4 is 23.9 Å². The van der Waals surface area contributed by atoms with E-state index in [-0.39, 0.29) is 63.0 Å². The van der Waals surface area contributed by atoms with Crippen LogP contribution in [0.25, 0.3) is 0 Å². The molecule has 1 N–H and O–H groups in total. The molecule has 336 valence electrons. The van der Waals surface area contributed by atoms with Crippen molar-refractivity contribution in [3.63, 3.8) is 0 Å².